The molecule has 3 rings (SSSR count). The predicted octanol–water partition coefficient (Wildman–Crippen LogP) is 4.03. The maximum absolute atomic E-state index is 12.0. The van der Waals surface area contributed by atoms with E-state index in [9.17, 15) is 4.79 Å². The summed E-state index contributed by atoms with van der Waals surface area (Å²) in [6.45, 7) is 0. The standard InChI is InChI=1S/C16H14N2O3S2/c1-20-12-8-11-14(9-13(12)21-2)23-16(17-11)18-15(19)6-5-10-4-3-7-22-10/h3-9H,1-2H3,(H,17,18,19)/b6-5+. The highest BCUT2D eigenvalue weighted by Gasteiger charge is 2.11. The molecule has 0 fully saturated rings. The molecule has 0 radical (unpaired) electrons. The third-order valence-corrected chi connectivity index (χ3v) is 4.84. The normalized spacial score (nSPS) is 11.0. The fraction of sp³-hybridized carbons (Fsp3) is 0.125. The molecule has 0 saturated carbocycles. The summed E-state index contributed by atoms with van der Waals surface area (Å²) in [4.78, 5) is 17.4. The van der Waals surface area contributed by atoms with Gasteiger partial charge in [0.1, 0.15) is 0 Å². The van der Waals surface area contributed by atoms with Crippen molar-refractivity contribution in [2.24, 2.45) is 0 Å². The molecule has 3 aromatic rings. The number of thiazole rings is 1. The Morgan fingerprint density at radius 1 is 1.26 bits per heavy atom. The van der Waals surface area contributed by atoms with Crippen molar-refractivity contribution in [3.05, 3.63) is 40.6 Å². The Hall–Kier alpha value is -2.38. The van der Waals surface area contributed by atoms with E-state index >= 15 is 0 Å². The van der Waals surface area contributed by atoms with Gasteiger partial charge in [0, 0.05) is 23.1 Å². The van der Waals surface area contributed by atoms with Crippen molar-refractivity contribution in [1.82, 2.24) is 4.98 Å². The van der Waals surface area contributed by atoms with Crippen molar-refractivity contribution in [3.63, 3.8) is 0 Å². The number of nitrogens with one attached hydrogen (secondary N) is 1. The van der Waals surface area contributed by atoms with Crippen LogP contribution in [0.5, 0.6) is 11.5 Å². The Kier molecular flexibility index (Phi) is 4.59. The van der Waals surface area contributed by atoms with E-state index in [1.807, 2.05) is 23.6 Å². The number of anilines is 1. The lowest BCUT2D eigenvalue weighted by Crippen LogP contribution is -2.06. The maximum Gasteiger partial charge on any atom is 0.250 e. The third-order valence-electron chi connectivity index (χ3n) is 3.07. The first-order valence-electron chi connectivity index (χ1n) is 6.74. The molecule has 0 saturated heterocycles. The number of methoxy groups -OCH3 is 2. The second kappa shape index (κ2) is 6.80. The number of hydrogen-bond donors (Lipinski definition) is 1. The molecule has 0 aliphatic carbocycles. The van der Waals surface area contributed by atoms with Crippen molar-refractivity contribution in [3.8, 4) is 11.5 Å². The number of benzene rings is 1. The number of aromatic nitrogens is 1. The maximum atomic E-state index is 12.0. The molecule has 1 amide bonds. The minimum atomic E-state index is -0.212. The van der Waals surface area contributed by atoms with Gasteiger partial charge in [-0.05, 0) is 17.5 Å². The monoisotopic (exact) mass is 346 g/mol. The van der Waals surface area contributed by atoms with Gasteiger partial charge in [0.2, 0.25) is 5.91 Å². The van der Waals surface area contributed by atoms with E-state index in [-0.39, 0.29) is 5.91 Å². The largest absolute Gasteiger partial charge is 0.493 e. The Balaban J connectivity index is 1.79. The quantitative estimate of drug-likeness (QED) is 0.709. The summed E-state index contributed by atoms with van der Waals surface area (Å²) < 4.78 is 11.4. The SMILES string of the molecule is COc1cc2nc(NC(=O)/C=C/c3cccs3)sc2cc1OC. The molecule has 0 spiro atoms. The van der Waals surface area contributed by atoms with E-state index in [4.69, 9.17) is 9.47 Å². The van der Waals surface area contributed by atoms with Crippen LogP contribution in [0.3, 0.4) is 0 Å². The molecule has 23 heavy (non-hydrogen) atoms. The Morgan fingerprint density at radius 2 is 2.04 bits per heavy atom. The van der Waals surface area contributed by atoms with Crippen LogP contribution >= 0.6 is 22.7 Å². The van der Waals surface area contributed by atoms with E-state index in [0.717, 1.165) is 15.1 Å². The topological polar surface area (TPSA) is 60.5 Å². The van der Waals surface area contributed by atoms with Crippen molar-refractivity contribution in [2.45, 2.75) is 0 Å². The fourth-order valence-corrected chi connectivity index (χ4v) is 3.50. The lowest BCUT2D eigenvalue weighted by molar-refractivity contribution is -0.111. The smallest absolute Gasteiger partial charge is 0.250 e. The fourth-order valence-electron chi connectivity index (χ4n) is 2.00. The average Bonchev–Trinajstić information content (AvgIpc) is 3.20. The van der Waals surface area contributed by atoms with Gasteiger partial charge in [0.25, 0.3) is 0 Å². The number of ether oxygens (including phenoxy) is 2. The molecule has 2 aromatic heterocycles. The lowest BCUT2D eigenvalue weighted by atomic mass is 10.3. The summed E-state index contributed by atoms with van der Waals surface area (Å²) >= 11 is 2.96. The van der Waals surface area contributed by atoms with Gasteiger partial charge in [-0.2, -0.15) is 0 Å². The molecular formula is C16H14N2O3S2. The zero-order chi connectivity index (χ0) is 16.2. The molecule has 1 aromatic carbocycles. The van der Waals surface area contributed by atoms with Crippen molar-refractivity contribution in [2.75, 3.05) is 19.5 Å². The van der Waals surface area contributed by atoms with Crippen LogP contribution in [-0.2, 0) is 4.79 Å². The van der Waals surface area contributed by atoms with Crippen LogP contribution in [0.4, 0.5) is 5.13 Å². The minimum absolute atomic E-state index is 0.212. The highest BCUT2D eigenvalue weighted by atomic mass is 32.1. The summed E-state index contributed by atoms with van der Waals surface area (Å²) in [5.74, 6) is 1.04. The molecular weight excluding hydrogens is 332 g/mol. The van der Waals surface area contributed by atoms with E-state index in [2.05, 4.69) is 10.3 Å². The average molecular weight is 346 g/mol. The van der Waals surface area contributed by atoms with Crippen LogP contribution in [0.15, 0.2) is 35.7 Å². The van der Waals surface area contributed by atoms with E-state index in [0.29, 0.717) is 16.6 Å². The molecule has 0 atom stereocenters. The van der Waals surface area contributed by atoms with Gasteiger partial charge in [-0.25, -0.2) is 4.98 Å². The lowest BCUT2D eigenvalue weighted by Gasteiger charge is -2.05. The van der Waals surface area contributed by atoms with Gasteiger partial charge in [-0.3, -0.25) is 10.1 Å². The van der Waals surface area contributed by atoms with Gasteiger partial charge in [0.15, 0.2) is 16.6 Å². The molecule has 118 valence electrons. The molecule has 2 heterocycles. The molecule has 0 unspecified atom stereocenters. The first-order valence-corrected chi connectivity index (χ1v) is 8.44. The molecule has 0 aliphatic heterocycles. The first-order chi connectivity index (χ1) is 11.2. The highest BCUT2D eigenvalue weighted by Crippen LogP contribution is 2.36. The van der Waals surface area contributed by atoms with Gasteiger partial charge in [-0.1, -0.05) is 17.4 Å². The Bertz CT molecular complexity index is 813. The van der Waals surface area contributed by atoms with E-state index in [1.165, 1.54) is 17.4 Å². The number of carbonyl (C=O) groups is 1. The molecule has 5 nitrogen and oxygen atoms in total. The molecule has 0 bridgehead atoms. The highest BCUT2D eigenvalue weighted by molar-refractivity contribution is 7.22. The minimum Gasteiger partial charge on any atom is -0.493 e. The number of carbonyl (C=O) groups excluding carboxylic acids is 1. The van der Waals surface area contributed by atoms with Gasteiger partial charge in [-0.15, -0.1) is 11.3 Å². The van der Waals surface area contributed by atoms with Gasteiger partial charge < -0.3 is 9.47 Å². The summed E-state index contributed by atoms with van der Waals surface area (Å²) in [6.07, 6.45) is 3.28. The molecule has 1 N–H and O–H groups in total. The molecule has 0 aliphatic rings. The second-order valence-electron chi connectivity index (χ2n) is 4.53. The second-order valence-corrected chi connectivity index (χ2v) is 6.54. The van der Waals surface area contributed by atoms with Gasteiger partial charge in [0.05, 0.1) is 24.4 Å². The first kappa shape index (κ1) is 15.5. The number of hydrogen-bond acceptors (Lipinski definition) is 6. The number of thiophene rings is 1. The predicted molar refractivity (Wildman–Crippen MR) is 94.7 cm³/mol. The van der Waals surface area contributed by atoms with Gasteiger partial charge >= 0.3 is 0 Å². The summed E-state index contributed by atoms with van der Waals surface area (Å²) in [5.41, 5.74) is 0.755. The Labute approximate surface area is 141 Å². The summed E-state index contributed by atoms with van der Waals surface area (Å²) in [6, 6.07) is 7.53. The zero-order valence-electron chi connectivity index (χ0n) is 12.5. The number of nitrogens with zero attached hydrogens (tertiary/aromatic N) is 1. The van der Waals surface area contributed by atoms with Crippen LogP contribution in [0.2, 0.25) is 0 Å². The van der Waals surface area contributed by atoms with Crippen LogP contribution in [0, 0.1) is 0 Å². The number of fused-ring (bicyclic) bond motifs is 1. The van der Waals surface area contributed by atoms with Crippen molar-refractivity contribution in [1.29, 1.82) is 0 Å². The van der Waals surface area contributed by atoms with E-state index < -0.39 is 0 Å². The summed E-state index contributed by atoms with van der Waals surface area (Å²) in [5, 5.41) is 5.28. The number of rotatable bonds is 5. The third kappa shape index (κ3) is 3.52. The van der Waals surface area contributed by atoms with Crippen LogP contribution in [0.25, 0.3) is 16.3 Å². The van der Waals surface area contributed by atoms with Crippen molar-refractivity contribution < 1.29 is 14.3 Å². The van der Waals surface area contributed by atoms with Crippen LogP contribution in [0.1, 0.15) is 4.88 Å². The van der Waals surface area contributed by atoms with Crippen LogP contribution in [-0.4, -0.2) is 25.1 Å². The Morgan fingerprint density at radius 3 is 2.74 bits per heavy atom. The zero-order valence-corrected chi connectivity index (χ0v) is 14.2. The van der Waals surface area contributed by atoms with Crippen molar-refractivity contribution >= 4 is 50.0 Å². The molecule has 7 heteroatoms. The summed E-state index contributed by atoms with van der Waals surface area (Å²) in [7, 11) is 3.16. The number of amides is 1. The van der Waals surface area contributed by atoms with Crippen LogP contribution < -0.4 is 14.8 Å². The van der Waals surface area contributed by atoms with E-state index in [1.54, 1.807) is 37.7 Å².